The van der Waals surface area contributed by atoms with Gasteiger partial charge in [-0.3, -0.25) is 4.79 Å². The van der Waals surface area contributed by atoms with Gasteiger partial charge in [-0.25, -0.2) is 15.0 Å². The third-order valence-corrected chi connectivity index (χ3v) is 13.3. The van der Waals surface area contributed by atoms with Crippen LogP contribution in [-0.4, -0.2) is 134 Å². The summed E-state index contributed by atoms with van der Waals surface area (Å²) in [5.74, 6) is 3.07. The minimum atomic E-state index is -0.577. The lowest BCUT2D eigenvalue weighted by Gasteiger charge is -2.14. The van der Waals surface area contributed by atoms with Crippen molar-refractivity contribution in [1.29, 1.82) is 0 Å². The zero-order valence-electron chi connectivity index (χ0n) is 35.8. The molecule has 0 bridgehead atoms. The number of aromatic nitrogens is 15. The Balaban J connectivity index is 0.000000148. The average Bonchev–Trinajstić information content (AvgIpc) is 4.23. The largest absolute Gasteiger partial charge is 0.374 e. The number of ether oxygens (including phenoxy) is 1. The van der Waals surface area contributed by atoms with E-state index in [2.05, 4.69) is 107 Å². The molecular formula is C39H48BrN21O2S3. The SMILES string of the molecule is CO[C@@H](C(=O)Cc1nnc(C[C@@H]2CCN(c3nccnn3)C2)s1)c1ccccc1.N[C@@H]1CCN(c2nccnn2)C1.Nc1nnc(Br)s1.Nc1nnc(C[C@@H]2CCN(c3nccnn3)C2)s1. The Bertz CT molecular complexity index is 2480. The molecule has 0 saturated carbocycles. The molecule has 0 aliphatic carbocycles. The number of Topliss-reactive ketones (excluding diaryl/α,β-unsaturated/α-hetero) is 1. The summed E-state index contributed by atoms with van der Waals surface area (Å²) in [5, 5.41) is 50.8. The Hall–Kier alpha value is -6.00. The Morgan fingerprint density at radius 1 is 0.652 bits per heavy atom. The zero-order chi connectivity index (χ0) is 46.1. The van der Waals surface area contributed by atoms with Crippen molar-refractivity contribution in [2.24, 2.45) is 17.6 Å². The predicted molar refractivity (Wildman–Crippen MR) is 253 cm³/mol. The number of ketones is 1. The van der Waals surface area contributed by atoms with Crippen LogP contribution in [0.4, 0.5) is 28.1 Å². The van der Waals surface area contributed by atoms with Crippen molar-refractivity contribution in [2.75, 3.05) is 72.5 Å². The van der Waals surface area contributed by atoms with Gasteiger partial charge >= 0.3 is 0 Å². The van der Waals surface area contributed by atoms with Crippen LogP contribution >= 0.6 is 49.9 Å². The Morgan fingerprint density at radius 2 is 1.15 bits per heavy atom. The number of nitrogens with two attached hydrogens (primary N) is 3. The van der Waals surface area contributed by atoms with Crippen molar-refractivity contribution >= 4 is 83.8 Å². The maximum Gasteiger partial charge on any atom is 0.245 e. The van der Waals surface area contributed by atoms with E-state index in [0.29, 0.717) is 39.9 Å². The number of halogens is 1. The molecule has 0 unspecified atom stereocenters. The number of carbonyl (C=O) groups is 1. The highest BCUT2D eigenvalue weighted by Gasteiger charge is 2.28. The molecule has 4 atom stereocenters. The van der Waals surface area contributed by atoms with Gasteiger partial charge in [0, 0.05) is 65.3 Å². The van der Waals surface area contributed by atoms with Gasteiger partial charge in [0.2, 0.25) is 28.1 Å². The molecule has 3 fully saturated rings. The molecule has 1 aromatic carbocycles. The number of nitrogen functional groups attached to an aromatic ring is 2. The quantitative estimate of drug-likeness (QED) is 0.158. The normalized spacial score (nSPS) is 18.1. The van der Waals surface area contributed by atoms with E-state index in [1.165, 1.54) is 34.0 Å². The van der Waals surface area contributed by atoms with Gasteiger partial charge in [-0.2, -0.15) is 15.3 Å². The third-order valence-electron chi connectivity index (χ3n) is 10.3. The molecule has 0 amide bonds. The summed E-state index contributed by atoms with van der Waals surface area (Å²) in [5.41, 5.74) is 17.4. The van der Waals surface area contributed by atoms with Crippen molar-refractivity contribution in [2.45, 2.75) is 50.7 Å². The Kier molecular flexibility index (Phi) is 17.8. The fourth-order valence-electron chi connectivity index (χ4n) is 7.31. The van der Waals surface area contributed by atoms with Gasteiger partial charge in [-0.15, -0.1) is 57.2 Å². The minimum absolute atomic E-state index is 0.0119. The second kappa shape index (κ2) is 24.5. The van der Waals surface area contributed by atoms with E-state index in [4.69, 9.17) is 21.9 Å². The van der Waals surface area contributed by atoms with Crippen LogP contribution in [0, 0.1) is 11.8 Å². The molecule has 6 N–H and O–H groups in total. The van der Waals surface area contributed by atoms with E-state index in [1.54, 1.807) is 44.3 Å². The highest BCUT2D eigenvalue weighted by Crippen LogP contribution is 2.27. The molecule has 23 nitrogen and oxygen atoms in total. The van der Waals surface area contributed by atoms with Crippen molar-refractivity contribution < 1.29 is 9.53 Å². The average molecular weight is 1020 g/mol. The van der Waals surface area contributed by atoms with Gasteiger partial charge in [0.05, 0.1) is 43.6 Å². The number of methoxy groups -OCH3 is 1. The molecular weight excluding hydrogens is 971 g/mol. The molecule has 3 aliphatic rings. The van der Waals surface area contributed by atoms with E-state index in [-0.39, 0.29) is 18.2 Å². The van der Waals surface area contributed by atoms with Crippen LogP contribution in [0.3, 0.4) is 0 Å². The maximum atomic E-state index is 12.7. The van der Waals surface area contributed by atoms with E-state index in [9.17, 15) is 4.79 Å². The van der Waals surface area contributed by atoms with Gasteiger partial charge in [-0.05, 0) is 52.6 Å². The summed E-state index contributed by atoms with van der Waals surface area (Å²) in [7, 11) is 1.55. The van der Waals surface area contributed by atoms with Crippen LogP contribution in [0.1, 0.15) is 46.0 Å². The number of nitrogens with zero attached hydrogens (tertiary/aromatic N) is 18. The van der Waals surface area contributed by atoms with Crippen LogP contribution < -0.4 is 31.9 Å². The summed E-state index contributed by atoms with van der Waals surface area (Å²) in [6.07, 6.45) is 14.3. The van der Waals surface area contributed by atoms with E-state index in [1.807, 2.05) is 30.3 Å². The van der Waals surface area contributed by atoms with Gasteiger partial charge in [0.15, 0.2) is 9.70 Å². The van der Waals surface area contributed by atoms with Crippen molar-refractivity contribution in [3.8, 4) is 0 Å². The van der Waals surface area contributed by atoms with Crippen LogP contribution in [0.15, 0.2) is 71.4 Å². The lowest BCUT2D eigenvalue weighted by molar-refractivity contribution is -0.128. The lowest BCUT2D eigenvalue weighted by Crippen LogP contribution is -2.27. The van der Waals surface area contributed by atoms with Crippen molar-refractivity contribution in [1.82, 2.24) is 76.1 Å². The molecule has 6 aromatic heterocycles. The van der Waals surface area contributed by atoms with Crippen LogP contribution in [0.25, 0.3) is 0 Å². The van der Waals surface area contributed by atoms with Gasteiger partial charge in [0.25, 0.3) is 0 Å². The third kappa shape index (κ3) is 14.5. The monoisotopic (exact) mass is 1020 g/mol. The molecule has 10 rings (SSSR count). The van der Waals surface area contributed by atoms with Crippen molar-refractivity contribution in [3.05, 3.63) is 92.0 Å². The number of hydrogen-bond acceptors (Lipinski definition) is 26. The molecule has 346 valence electrons. The number of carbonyl (C=O) groups excluding carboxylic acids is 1. The van der Waals surface area contributed by atoms with E-state index < -0.39 is 6.10 Å². The topological polar surface area (TPSA) is 307 Å². The standard InChI is InChI=1S/C20H22N6O2S.C10H13N7S.C7H11N5.C2H2BrN3S/c1-28-19(15-5-3-2-4-6-15)16(27)12-18-24-23-17(29-18)11-14-7-10-26(13-14)20-21-8-9-22-25-20;11-9-15-14-8(18-9)5-7-1-4-17(6-7)10-12-2-3-13-16-10;8-6-1-4-12(5-6)7-9-2-3-10-11-7;3-1-5-6-2(4)7-1/h2-6,8-9,14,19H,7,10-13H2,1H3;2-3,7H,1,4-6H2,(H2,11,15);2-3,6H,1,4-5,8H2;(H2,4,6)/t14-,19+;7-;6-;/m001./s1. The molecule has 9 heterocycles. The predicted octanol–water partition coefficient (Wildman–Crippen LogP) is 2.96. The molecule has 66 heavy (non-hydrogen) atoms. The van der Waals surface area contributed by atoms with E-state index in [0.717, 1.165) is 95.9 Å². The molecule has 0 radical (unpaired) electrons. The zero-order valence-corrected chi connectivity index (χ0v) is 39.9. The second-order valence-corrected chi connectivity index (χ2v) is 19.6. The van der Waals surface area contributed by atoms with Crippen molar-refractivity contribution in [3.63, 3.8) is 0 Å². The fourth-order valence-corrected chi connectivity index (χ4v) is 9.92. The molecule has 27 heteroatoms. The first-order chi connectivity index (χ1) is 32.2. The molecule has 0 spiro atoms. The summed E-state index contributed by atoms with van der Waals surface area (Å²) < 4.78 is 6.15. The Morgan fingerprint density at radius 3 is 1.59 bits per heavy atom. The number of rotatable bonds is 12. The van der Waals surface area contributed by atoms with Crippen LogP contribution in [0.2, 0.25) is 0 Å². The number of benzene rings is 1. The van der Waals surface area contributed by atoms with Gasteiger partial charge in [0.1, 0.15) is 21.1 Å². The molecule has 3 saturated heterocycles. The summed E-state index contributed by atoms with van der Waals surface area (Å²) in [6, 6.07) is 9.78. The first-order valence-electron chi connectivity index (χ1n) is 20.8. The van der Waals surface area contributed by atoms with Crippen LogP contribution in [-0.2, 0) is 28.8 Å². The minimum Gasteiger partial charge on any atom is -0.374 e. The number of anilines is 5. The van der Waals surface area contributed by atoms with E-state index >= 15 is 0 Å². The highest BCUT2D eigenvalue weighted by molar-refractivity contribution is 9.11. The number of hydrogen-bond donors (Lipinski definition) is 3. The lowest BCUT2D eigenvalue weighted by atomic mass is 10.0. The highest BCUT2D eigenvalue weighted by atomic mass is 79.9. The Labute approximate surface area is 400 Å². The fraction of sp³-hybridized carbons (Fsp3) is 0.436. The maximum absolute atomic E-state index is 12.7. The van der Waals surface area contributed by atoms with Gasteiger partial charge < -0.3 is 36.6 Å². The molecule has 7 aromatic rings. The smallest absolute Gasteiger partial charge is 0.245 e. The first-order valence-corrected chi connectivity index (χ1v) is 24.1. The second-order valence-electron chi connectivity index (χ2n) is 15.1. The molecule has 3 aliphatic heterocycles. The van der Waals surface area contributed by atoms with Gasteiger partial charge in [-0.1, -0.05) is 53.0 Å². The summed E-state index contributed by atoms with van der Waals surface area (Å²) >= 11 is 7.38. The van der Waals surface area contributed by atoms with Crippen LogP contribution in [0.5, 0.6) is 0 Å². The summed E-state index contributed by atoms with van der Waals surface area (Å²) in [6.45, 7) is 5.46. The first kappa shape index (κ1) is 47.9. The summed E-state index contributed by atoms with van der Waals surface area (Å²) in [4.78, 5) is 31.6.